The summed E-state index contributed by atoms with van der Waals surface area (Å²) in [7, 11) is 1.58. The van der Waals surface area contributed by atoms with Crippen LogP contribution >= 0.6 is 0 Å². The van der Waals surface area contributed by atoms with Crippen LogP contribution in [0.5, 0.6) is 0 Å². The zero-order chi connectivity index (χ0) is 25.0. The van der Waals surface area contributed by atoms with E-state index in [1.807, 2.05) is 0 Å². The van der Waals surface area contributed by atoms with Crippen LogP contribution in [0.1, 0.15) is 42.4 Å². The highest BCUT2D eigenvalue weighted by molar-refractivity contribution is 5.34. The Morgan fingerprint density at radius 1 is 1.06 bits per heavy atom. The van der Waals surface area contributed by atoms with Crippen LogP contribution in [0, 0.1) is 11.3 Å². The van der Waals surface area contributed by atoms with Crippen LogP contribution in [0.4, 0.5) is 26.3 Å². The van der Waals surface area contributed by atoms with Crippen molar-refractivity contribution in [2.45, 2.75) is 44.6 Å². The van der Waals surface area contributed by atoms with Crippen molar-refractivity contribution in [3.63, 3.8) is 0 Å². The van der Waals surface area contributed by atoms with Crippen LogP contribution in [0.3, 0.4) is 0 Å². The van der Waals surface area contributed by atoms with Crippen LogP contribution in [-0.4, -0.2) is 51.5 Å². The lowest BCUT2D eigenvalue weighted by Crippen LogP contribution is -2.47. The highest BCUT2D eigenvalue weighted by atomic mass is 19.4. The van der Waals surface area contributed by atoms with Gasteiger partial charge in [-0.15, -0.1) is 0 Å². The fourth-order valence-electron chi connectivity index (χ4n) is 4.78. The second-order valence-corrected chi connectivity index (χ2v) is 9.32. The van der Waals surface area contributed by atoms with Crippen molar-refractivity contribution in [2.24, 2.45) is 11.3 Å². The smallest absolute Gasteiger partial charge is 0.384 e. The number of rotatable bonds is 8. The lowest BCUT2D eigenvalue weighted by Gasteiger charge is -2.44. The van der Waals surface area contributed by atoms with Crippen molar-refractivity contribution in [2.75, 3.05) is 46.6 Å². The van der Waals surface area contributed by atoms with Gasteiger partial charge in [0, 0.05) is 44.5 Å². The Labute approximate surface area is 196 Å². The van der Waals surface area contributed by atoms with Gasteiger partial charge in [0.2, 0.25) is 0 Å². The molecule has 0 spiro atoms. The maximum absolute atomic E-state index is 13.2. The molecule has 0 saturated carbocycles. The number of hydrogen-bond acceptors (Lipinski definition) is 4. The molecule has 0 aromatic heterocycles. The Hall–Kier alpha value is -1.78. The third-order valence-corrected chi connectivity index (χ3v) is 6.88. The summed E-state index contributed by atoms with van der Waals surface area (Å²) in [6.07, 6.45) is -6.17. The lowest BCUT2D eigenvalue weighted by atomic mass is 9.76. The second kappa shape index (κ2) is 10.9. The first-order valence-electron chi connectivity index (χ1n) is 11.4. The molecular weight excluding hydrogens is 462 g/mol. The Bertz CT molecular complexity index is 793. The van der Waals surface area contributed by atoms with E-state index < -0.39 is 28.9 Å². The molecule has 0 atom stereocenters. The number of ether oxygens (including phenoxy) is 2. The molecule has 1 aromatic carbocycles. The average Bonchev–Trinajstić information content (AvgIpc) is 2.78. The van der Waals surface area contributed by atoms with Gasteiger partial charge in [0.25, 0.3) is 0 Å². The first-order chi connectivity index (χ1) is 15.9. The zero-order valence-electron chi connectivity index (χ0n) is 19.3. The molecule has 0 amide bonds. The van der Waals surface area contributed by atoms with Crippen molar-refractivity contribution < 1.29 is 35.8 Å². The van der Waals surface area contributed by atoms with Gasteiger partial charge in [0.1, 0.15) is 0 Å². The predicted octanol–water partition coefficient (Wildman–Crippen LogP) is 5.48. The second-order valence-electron chi connectivity index (χ2n) is 9.32. The van der Waals surface area contributed by atoms with E-state index in [9.17, 15) is 26.3 Å². The van der Waals surface area contributed by atoms with Gasteiger partial charge >= 0.3 is 12.4 Å². The molecule has 0 unspecified atom stereocenters. The number of alkyl halides is 6. The van der Waals surface area contributed by atoms with Crippen molar-refractivity contribution >= 4 is 0 Å². The Balaban J connectivity index is 1.66. The molecule has 2 aliphatic rings. The zero-order valence-corrected chi connectivity index (χ0v) is 19.3. The van der Waals surface area contributed by atoms with Crippen LogP contribution in [0.25, 0.3) is 0 Å². The molecule has 0 radical (unpaired) electrons. The third-order valence-electron chi connectivity index (χ3n) is 6.88. The van der Waals surface area contributed by atoms with Crippen LogP contribution in [0.15, 0.2) is 30.5 Å². The predicted molar refractivity (Wildman–Crippen MR) is 116 cm³/mol. The van der Waals surface area contributed by atoms with E-state index in [0.29, 0.717) is 18.2 Å². The summed E-state index contributed by atoms with van der Waals surface area (Å²) in [4.78, 5) is 2.40. The van der Waals surface area contributed by atoms with Crippen LogP contribution < -0.4 is 5.32 Å². The van der Waals surface area contributed by atoms with Gasteiger partial charge in [-0.25, -0.2) is 0 Å². The van der Waals surface area contributed by atoms with E-state index in [1.165, 1.54) is 0 Å². The fourth-order valence-corrected chi connectivity index (χ4v) is 4.78. The molecular formula is C24H32F6N2O2. The summed E-state index contributed by atoms with van der Waals surface area (Å²) in [6, 6.07) is 1.63. The summed E-state index contributed by atoms with van der Waals surface area (Å²) >= 11 is 0. The average molecular weight is 495 g/mol. The van der Waals surface area contributed by atoms with Crippen molar-refractivity contribution in [3.8, 4) is 0 Å². The van der Waals surface area contributed by atoms with E-state index >= 15 is 0 Å². The first-order valence-corrected chi connectivity index (χ1v) is 11.4. The number of hydrogen-bond donors (Lipinski definition) is 1. The summed E-state index contributed by atoms with van der Waals surface area (Å²) < 4.78 is 89.8. The summed E-state index contributed by atoms with van der Waals surface area (Å²) in [5.41, 5.74) is -2.61. The minimum absolute atomic E-state index is 0.104. The Kier molecular flexibility index (Phi) is 8.57. The molecule has 0 aliphatic carbocycles. The molecule has 2 aliphatic heterocycles. The molecule has 4 nitrogen and oxygen atoms in total. The molecule has 1 N–H and O–H groups in total. The number of methoxy groups -OCH3 is 1. The molecule has 192 valence electrons. The molecule has 2 heterocycles. The van der Waals surface area contributed by atoms with Gasteiger partial charge in [-0.1, -0.05) is 6.58 Å². The quantitative estimate of drug-likeness (QED) is 0.485. The lowest BCUT2D eigenvalue weighted by molar-refractivity contribution is -0.143. The van der Waals surface area contributed by atoms with Crippen molar-refractivity contribution in [1.82, 2.24) is 10.2 Å². The molecule has 1 aromatic rings. The highest BCUT2D eigenvalue weighted by Crippen LogP contribution is 2.39. The minimum Gasteiger partial charge on any atom is -0.384 e. The van der Waals surface area contributed by atoms with Gasteiger partial charge in [-0.3, -0.25) is 0 Å². The number of benzene rings is 1. The maximum Gasteiger partial charge on any atom is 0.416 e. The molecule has 3 rings (SSSR count). The largest absolute Gasteiger partial charge is 0.416 e. The van der Waals surface area contributed by atoms with E-state index in [2.05, 4.69) is 16.8 Å². The van der Waals surface area contributed by atoms with Gasteiger partial charge in [0.05, 0.1) is 17.7 Å². The fraction of sp³-hybridized carbons (Fsp3) is 0.667. The number of nitrogens with zero attached hydrogens (tertiary/aromatic N) is 1. The summed E-state index contributed by atoms with van der Waals surface area (Å²) in [6.45, 7) is 8.50. The molecule has 10 heteroatoms. The number of piperidine rings is 1. The van der Waals surface area contributed by atoms with Crippen molar-refractivity contribution in [1.29, 1.82) is 0 Å². The van der Waals surface area contributed by atoms with Crippen molar-refractivity contribution in [3.05, 3.63) is 47.2 Å². The van der Waals surface area contributed by atoms with Gasteiger partial charge < -0.3 is 19.7 Å². The van der Waals surface area contributed by atoms with Crippen LogP contribution in [-0.2, 0) is 28.4 Å². The van der Waals surface area contributed by atoms with E-state index in [4.69, 9.17) is 9.47 Å². The van der Waals surface area contributed by atoms with Crippen LogP contribution in [0.2, 0.25) is 0 Å². The standard InChI is InChI=1S/C24H32F6N2O2/c1-17(31-14-19-11-20(23(25,26)27)13-21(12-19)24(28,29)30)22(16-33-2)5-7-32(8-6-22)15-18-3-9-34-10-4-18/h11-13,18,31H,1,3-10,14-16H2,2H3. The first kappa shape index (κ1) is 26.8. The van der Waals surface area contributed by atoms with E-state index in [1.54, 1.807) is 7.11 Å². The summed E-state index contributed by atoms with van der Waals surface area (Å²) in [5.74, 6) is 0.605. The number of nitrogens with one attached hydrogen (secondary N) is 1. The number of halogens is 6. The third kappa shape index (κ3) is 6.88. The van der Waals surface area contributed by atoms with Gasteiger partial charge in [-0.05, 0) is 68.5 Å². The molecule has 34 heavy (non-hydrogen) atoms. The van der Waals surface area contributed by atoms with Gasteiger partial charge in [-0.2, -0.15) is 26.3 Å². The Morgan fingerprint density at radius 2 is 1.62 bits per heavy atom. The monoisotopic (exact) mass is 494 g/mol. The highest BCUT2D eigenvalue weighted by Gasteiger charge is 2.39. The Morgan fingerprint density at radius 3 is 2.12 bits per heavy atom. The summed E-state index contributed by atoms with van der Waals surface area (Å²) in [5, 5.41) is 3.00. The minimum atomic E-state index is -4.87. The maximum atomic E-state index is 13.2. The molecule has 2 fully saturated rings. The topological polar surface area (TPSA) is 33.7 Å². The SMILES string of the molecule is C=C(NCc1cc(C(F)(F)F)cc(C(F)(F)F)c1)C1(COC)CCN(CC2CCOCC2)CC1. The number of likely N-dealkylation sites (tertiary alicyclic amines) is 1. The normalized spacial score (nSPS) is 20.3. The van der Waals surface area contributed by atoms with E-state index in [-0.39, 0.29) is 18.2 Å². The van der Waals surface area contributed by atoms with Gasteiger partial charge in [0.15, 0.2) is 0 Å². The van der Waals surface area contributed by atoms with E-state index in [0.717, 1.165) is 70.7 Å². The molecule has 0 bridgehead atoms. The molecule has 2 saturated heterocycles.